The van der Waals surface area contributed by atoms with Crippen molar-refractivity contribution in [3.05, 3.63) is 60.7 Å². The summed E-state index contributed by atoms with van der Waals surface area (Å²) in [5.41, 5.74) is -1.30. The predicted octanol–water partition coefficient (Wildman–Crippen LogP) is 6.45. The zero-order valence-corrected chi connectivity index (χ0v) is 26.8. The van der Waals surface area contributed by atoms with Crippen LogP contribution in [0.25, 0.3) is 0 Å². The van der Waals surface area contributed by atoms with Crippen LogP contribution in [0.4, 0.5) is 4.79 Å². The lowest BCUT2D eigenvalue weighted by Crippen LogP contribution is -2.66. The number of ether oxygens (including phenoxy) is 2. The molecular formula is C33H49NO5Si. The summed E-state index contributed by atoms with van der Waals surface area (Å²) in [5.74, 6) is 0.230. The van der Waals surface area contributed by atoms with E-state index in [0.717, 1.165) is 0 Å². The lowest BCUT2D eigenvalue weighted by Gasteiger charge is -2.43. The Morgan fingerprint density at radius 3 is 1.93 bits per heavy atom. The molecule has 2 aromatic carbocycles. The number of rotatable bonds is 11. The summed E-state index contributed by atoms with van der Waals surface area (Å²) in [6.07, 6.45) is 2.70. The van der Waals surface area contributed by atoms with Crippen LogP contribution in [-0.4, -0.2) is 55.7 Å². The van der Waals surface area contributed by atoms with Crippen molar-refractivity contribution in [3.63, 3.8) is 0 Å². The summed E-state index contributed by atoms with van der Waals surface area (Å²) in [4.78, 5) is 27.4. The maximum absolute atomic E-state index is 12.9. The zero-order valence-electron chi connectivity index (χ0n) is 25.8. The highest BCUT2D eigenvalue weighted by Crippen LogP contribution is 2.37. The normalized spacial score (nSPS) is 17.6. The Kier molecular flexibility index (Phi) is 10.4. The Bertz CT molecular complexity index is 1070. The molecule has 0 radical (unpaired) electrons. The predicted molar refractivity (Wildman–Crippen MR) is 164 cm³/mol. The lowest BCUT2D eigenvalue weighted by molar-refractivity contribution is -0.119. The Morgan fingerprint density at radius 2 is 1.43 bits per heavy atom. The molecule has 1 aliphatic rings. The first-order chi connectivity index (χ1) is 18.7. The summed E-state index contributed by atoms with van der Waals surface area (Å²) >= 11 is 0. The van der Waals surface area contributed by atoms with E-state index < -0.39 is 19.6 Å². The molecule has 0 unspecified atom stereocenters. The van der Waals surface area contributed by atoms with Gasteiger partial charge in [-0.3, -0.25) is 9.69 Å². The van der Waals surface area contributed by atoms with Crippen LogP contribution in [0, 0.1) is 0 Å². The number of Topliss-reactive ketones (excluding diaryl/α,β-unsaturated/α-hetero) is 1. The van der Waals surface area contributed by atoms with Crippen molar-refractivity contribution in [3.8, 4) is 0 Å². The SMILES string of the molecule is CC(C)(C)OC(=O)N1[C@@H](CCCC(=O)CCCO[Si](c2ccccc2)(c2ccccc2)C(C)(C)C)COC1(C)C. The fourth-order valence-electron chi connectivity index (χ4n) is 5.69. The third kappa shape index (κ3) is 7.83. The van der Waals surface area contributed by atoms with Crippen molar-refractivity contribution >= 4 is 30.6 Å². The van der Waals surface area contributed by atoms with Crippen molar-refractivity contribution in [2.75, 3.05) is 13.2 Å². The van der Waals surface area contributed by atoms with Crippen LogP contribution < -0.4 is 10.4 Å². The number of benzene rings is 2. The van der Waals surface area contributed by atoms with E-state index in [1.807, 2.05) is 46.8 Å². The van der Waals surface area contributed by atoms with Crippen LogP contribution in [0.3, 0.4) is 0 Å². The van der Waals surface area contributed by atoms with Gasteiger partial charge >= 0.3 is 6.09 Å². The summed E-state index contributed by atoms with van der Waals surface area (Å²) < 4.78 is 18.4. The molecule has 0 N–H and O–H groups in total. The second kappa shape index (κ2) is 13.0. The molecule has 0 saturated carbocycles. The molecule has 0 bridgehead atoms. The average molecular weight is 568 g/mol. The van der Waals surface area contributed by atoms with Gasteiger partial charge in [-0.15, -0.1) is 0 Å². The number of hydrogen-bond acceptors (Lipinski definition) is 5. The minimum absolute atomic E-state index is 0.0865. The first kappa shape index (κ1) is 32.0. The molecule has 1 amide bonds. The Balaban J connectivity index is 1.56. The van der Waals surface area contributed by atoms with Crippen molar-refractivity contribution in [1.29, 1.82) is 0 Å². The van der Waals surface area contributed by atoms with Gasteiger partial charge in [0.05, 0.1) is 12.6 Å². The Labute approximate surface area is 242 Å². The van der Waals surface area contributed by atoms with E-state index in [0.29, 0.717) is 45.3 Å². The zero-order chi connectivity index (χ0) is 29.6. The molecule has 220 valence electrons. The molecule has 0 spiro atoms. The maximum atomic E-state index is 12.9. The van der Waals surface area contributed by atoms with Gasteiger partial charge < -0.3 is 13.9 Å². The number of carbonyl (C=O) groups excluding carboxylic acids is 2. The van der Waals surface area contributed by atoms with E-state index in [1.165, 1.54) is 10.4 Å². The minimum Gasteiger partial charge on any atom is -0.444 e. The Morgan fingerprint density at radius 1 is 0.900 bits per heavy atom. The molecule has 1 heterocycles. The summed E-state index contributed by atoms with van der Waals surface area (Å²) in [5, 5.41) is 2.41. The van der Waals surface area contributed by atoms with Crippen molar-refractivity contribution in [2.24, 2.45) is 0 Å². The number of carbonyl (C=O) groups is 2. The van der Waals surface area contributed by atoms with Crippen LogP contribution in [0.5, 0.6) is 0 Å². The second-order valence-corrected chi connectivity index (χ2v) is 17.6. The lowest BCUT2D eigenvalue weighted by atomic mass is 10.0. The van der Waals surface area contributed by atoms with E-state index >= 15 is 0 Å². The fraction of sp³-hybridized carbons (Fsp3) is 0.576. The monoisotopic (exact) mass is 567 g/mol. The smallest absolute Gasteiger partial charge is 0.412 e. The van der Waals surface area contributed by atoms with E-state index in [9.17, 15) is 9.59 Å². The molecule has 2 aromatic rings. The van der Waals surface area contributed by atoms with E-state index in [-0.39, 0.29) is 23.0 Å². The van der Waals surface area contributed by atoms with E-state index in [4.69, 9.17) is 13.9 Å². The highest BCUT2D eigenvalue weighted by molar-refractivity contribution is 6.99. The quantitative estimate of drug-likeness (QED) is 0.231. The van der Waals surface area contributed by atoms with Crippen LogP contribution in [0.15, 0.2) is 60.7 Å². The molecule has 1 fully saturated rings. The van der Waals surface area contributed by atoms with E-state index in [2.05, 4.69) is 69.3 Å². The second-order valence-electron chi connectivity index (χ2n) is 13.3. The molecule has 0 aromatic heterocycles. The third-order valence-electron chi connectivity index (χ3n) is 7.49. The van der Waals surface area contributed by atoms with Gasteiger partial charge in [-0.2, -0.15) is 0 Å². The fourth-order valence-corrected chi connectivity index (χ4v) is 10.3. The first-order valence-electron chi connectivity index (χ1n) is 14.6. The summed E-state index contributed by atoms with van der Waals surface area (Å²) in [6, 6.07) is 21.1. The first-order valence-corrected chi connectivity index (χ1v) is 16.5. The van der Waals surface area contributed by atoms with Crippen LogP contribution in [0.1, 0.15) is 87.5 Å². The van der Waals surface area contributed by atoms with Crippen molar-refractivity contribution in [2.45, 2.75) is 110 Å². The summed E-state index contributed by atoms with van der Waals surface area (Å²) in [6.45, 7) is 17.1. The largest absolute Gasteiger partial charge is 0.444 e. The van der Waals surface area contributed by atoms with Gasteiger partial charge in [0.2, 0.25) is 0 Å². The Hall–Kier alpha value is -2.48. The summed E-state index contributed by atoms with van der Waals surface area (Å²) in [7, 11) is -2.59. The van der Waals surface area contributed by atoms with Gasteiger partial charge in [0, 0.05) is 19.4 Å². The number of ketones is 1. The van der Waals surface area contributed by atoms with Gasteiger partial charge in [-0.05, 0) is 69.3 Å². The third-order valence-corrected chi connectivity index (χ3v) is 12.5. The molecule has 0 aliphatic carbocycles. The van der Waals surface area contributed by atoms with Crippen molar-refractivity contribution in [1.82, 2.24) is 4.90 Å². The standard InChI is InChI=1S/C33H49NO5Si/c1-31(2,3)39-30(36)34-26(25-37-33(34,7)8)17-15-18-27(35)19-16-24-38-40(32(4,5)6,28-20-11-9-12-21-28)29-22-13-10-14-23-29/h9-14,20-23,26H,15-19,24-25H2,1-8H3/t26-/m0/s1. The van der Waals surface area contributed by atoms with Gasteiger partial charge in [0.25, 0.3) is 8.32 Å². The average Bonchev–Trinajstić information content (AvgIpc) is 3.17. The number of amides is 1. The molecule has 40 heavy (non-hydrogen) atoms. The number of hydrogen-bond donors (Lipinski definition) is 0. The van der Waals surface area contributed by atoms with E-state index in [1.54, 1.807) is 4.90 Å². The van der Waals surface area contributed by atoms with Crippen LogP contribution in [0.2, 0.25) is 5.04 Å². The molecule has 1 aliphatic heterocycles. The van der Waals surface area contributed by atoms with Crippen LogP contribution in [-0.2, 0) is 18.7 Å². The molecule has 6 nitrogen and oxygen atoms in total. The number of nitrogens with zero attached hydrogens (tertiary/aromatic N) is 1. The molecular weight excluding hydrogens is 518 g/mol. The van der Waals surface area contributed by atoms with Gasteiger partial charge in [0.15, 0.2) is 0 Å². The maximum Gasteiger partial charge on any atom is 0.412 e. The van der Waals surface area contributed by atoms with Crippen LogP contribution >= 0.6 is 0 Å². The van der Waals surface area contributed by atoms with Gasteiger partial charge in [-0.1, -0.05) is 81.4 Å². The minimum atomic E-state index is -2.59. The molecule has 1 atom stereocenters. The van der Waals surface area contributed by atoms with Crippen molar-refractivity contribution < 1.29 is 23.5 Å². The molecule has 7 heteroatoms. The van der Waals surface area contributed by atoms with Gasteiger partial charge in [0.1, 0.15) is 17.1 Å². The highest BCUT2D eigenvalue weighted by atomic mass is 28.4. The molecule has 3 rings (SSSR count). The highest BCUT2D eigenvalue weighted by Gasteiger charge is 2.50. The molecule has 1 saturated heterocycles. The topological polar surface area (TPSA) is 65.1 Å². The van der Waals surface area contributed by atoms with Gasteiger partial charge in [-0.25, -0.2) is 4.79 Å².